The summed E-state index contributed by atoms with van der Waals surface area (Å²) in [6.45, 7) is 1.90. The monoisotopic (exact) mass is 450 g/mol. The predicted molar refractivity (Wildman–Crippen MR) is 124 cm³/mol. The fourth-order valence-electron chi connectivity index (χ4n) is 4.57. The summed E-state index contributed by atoms with van der Waals surface area (Å²) in [4.78, 5) is 37.2. The third-order valence-corrected chi connectivity index (χ3v) is 6.35. The Labute approximate surface area is 193 Å². The van der Waals surface area contributed by atoms with Crippen molar-refractivity contribution in [1.29, 1.82) is 0 Å². The summed E-state index contributed by atoms with van der Waals surface area (Å²) in [6, 6.07) is 16.3. The van der Waals surface area contributed by atoms with Gasteiger partial charge in [0.25, 0.3) is 0 Å². The molecule has 0 saturated heterocycles. The number of hydrogen-bond donors (Lipinski definition) is 2. The lowest BCUT2D eigenvalue weighted by atomic mass is 9.98. The number of carbonyl (C=O) groups excluding carboxylic acids is 2. The lowest BCUT2D eigenvalue weighted by Crippen LogP contribution is -2.38. The van der Waals surface area contributed by atoms with E-state index in [1.165, 1.54) is 27.2 Å². The lowest BCUT2D eigenvalue weighted by molar-refractivity contribution is -0.145. The maximum Gasteiger partial charge on any atom is 0.407 e. The summed E-state index contributed by atoms with van der Waals surface area (Å²) in [7, 11) is 0. The molecule has 174 valence electrons. The molecule has 1 fully saturated rings. The van der Waals surface area contributed by atoms with Crippen LogP contribution in [0.2, 0.25) is 0 Å². The first-order valence-electron chi connectivity index (χ1n) is 11.6. The number of carboxylic acids is 1. The zero-order valence-electron chi connectivity index (χ0n) is 18.8. The molecule has 7 nitrogen and oxygen atoms in total. The van der Waals surface area contributed by atoms with Crippen molar-refractivity contribution in [3.63, 3.8) is 0 Å². The van der Waals surface area contributed by atoms with E-state index in [0.29, 0.717) is 12.8 Å². The highest BCUT2D eigenvalue weighted by Crippen LogP contribution is 2.44. The van der Waals surface area contributed by atoms with Crippen molar-refractivity contribution in [2.75, 3.05) is 13.2 Å². The summed E-state index contributed by atoms with van der Waals surface area (Å²) < 4.78 is 5.57. The van der Waals surface area contributed by atoms with Gasteiger partial charge < -0.3 is 20.1 Å². The molecule has 0 heterocycles. The summed E-state index contributed by atoms with van der Waals surface area (Å²) in [5.74, 6) is -1.10. The zero-order chi connectivity index (χ0) is 23.4. The molecule has 33 heavy (non-hydrogen) atoms. The number of nitrogens with zero attached hydrogens (tertiary/aromatic N) is 1. The number of rotatable bonds is 10. The Hall–Kier alpha value is -3.35. The molecule has 0 aromatic heterocycles. The van der Waals surface area contributed by atoms with E-state index in [-0.39, 0.29) is 43.5 Å². The van der Waals surface area contributed by atoms with E-state index in [9.17, 15) is 14.4 Å². The summed E-state index contributed by atoms with van der Waals surface area (Å²) in [5, 5.41) is 11.8. The normalized spacial score (nSPS) is 15.3. The van der Waals surface area contributed by atoms with Gasteiger partial charge in [0.15, 0.2) is 0 Å². The fraction of sp³-hybridized carbons (Fsp3) is 0.423. The van der Waals surface area contributed by atoms with E-state index in [1.807, 2.05) is 31.2 Å². The summed E-state index contributed by atoms with van der Waals surface area (Å²) in [6.07, 6.45) is 2.74. The molecule has 2 aliphatic carbocycles. The van der Waals surface area contributed by atoms with Crippen LogP contribution in [0.1, 0.15) is 56.1 Å². The minimum absolute atomic E-state index is 0.0127. The third-order valence-electron chi connectivity index (χ3n) is 6.35. The van der Waals surface area contributed by atoms with Gasteiger partial charge in [-0.2, -0.15) is 0 Å². The molecule has 4 rings (SSSR count). The van der Waals surface area contributed by atoms with Crippen LogP contribution in [-0.2, 0) is 14.3 Å². The Bertz CT molecular complexity index is 987. The molecule has 1 saturated carbocycles. The Kier molecular flexibility index (Phi) is 6.96. The molecule has 7 heteroatoms. The molecule has 1 unspecified atom stereocenters. The maximum absolute atomic E-state index is 12.4. The smallest absolute Gasteiger partial charge is 0.407 e. The molecule has 0 spiro atoms. The van der Waals surface area contributed by atoms with Gasteiger partial charge in [0.1, 0.15) is 13.2 Å². The first-order chi connectivity index (χ1) is 15.9. The molecule has 1 atom stereocenters. The standard InChI is InChI=1S/C26H30N2O5/c1-17(7-6-12-24(29)28(15-25(30)31)18-13-14-18)27-26(32)33-16-23-21-10-4-2-8-19(21)20-9-3-5-11-22(20)23/h2-5,8-11,17-18,23H,6-7,12-16H2,1H3,(H,27,32)(H,30,31). The second kappa shape index (κ2) is 10.1. The number of aliphatic carboxylic acids is 1. The number of carboxylic acid groups (broad SMARTS) is 1. The van der Waals surface area contributed by atoms with Crippen molar-refractivity contribution in [2.24, 2.45) is 0 Å². The Morgan fingerprint density at radius 3 is 2.24 bits per heavy atom. The number of carbonyl (C=O) groups is 3. The van der Waals surface area contributed by atoms with Crippen LogP contribution in [-0.4, -0.2) is 53.2 Å². The van der Waals surface area contributed by atoms with E-state index in [0.717, 1.165) is 12.8 Å². The highest BCUT2D eigenvalue weighted by atomic mass is 16.5. The summed E-state index contributed by atoms with van der Waals surface area (Å²) >= 11 is 0. The minimum atomic E-state index is -0.986. The van der Waals surface area contributed by atoms with Gasteiger partial charge in [-0.1, -0.05) is 48.5 Å². The molecule has 0 bridgehead atoms. The number of benzene rings is 2. The SMILES string of the molecule is CC(CCCC(=O)N(CC(=O)O)C1CC1)NC(=O)OCC1c2ccccc2-c2ccccc21. The third kappa shape index (κ3) is 5.53. The highest BCUT2D eigenvalue weighted by molar-refractivity contribution is 5.82. The molecule has 2 aromatic rings. The van der Waals surface area contributed by atoms with Gasteiger partial charge in [-0.15, -0.1) is 0 Å². The molecule has 0 radical (unpaired) electrons. The average molecular weight is 451 g/mol. The zero-order valence-corrected chi connectivity index (χ0v) is 18.8. The van der Waals surface area contributed by atoms with Gasteiger partial charge in [0.2, 0.25) is 5.91 Å². The van der Waals surface area contributed by atoms with E-state index in [2.05, 4.69) is 29.6 Å². The number of fused-ring (bicyclic) bond motifs is 3. The molecule has 0 aliphatic heterocycles. The molecule has 2 aromatic carbocycles. The lowest BCUT2D eigenvalue weighted by Gasteiger charge is -2.21. The van der Waals surface area contributed by atoms with Gasteiger partial charge in [0.05, 0.1) is 0 Å². The van der Waals surface area contributed by atoms with Gasteiger partial charge in [-0.3, -0.25) is 9.59 Å². The van der Waals surface area contributed by atoms with Crippen LogP contribution >= 0.6 is 0 Å². The van der Waals surface area contributed by atoms with E-state index in [4.69, 9.17) is 9.84 Å². The van der Waals surface area contributed by atoms with E-state index < -0.39 is 12.1 Å². The number of nitrogens with one attached hydrogen (secondary N) is 1. The minimum Gasteiger partial charge on any atom is -0.480 e. The fourth-order valence-corrected chi connectivity index (χ4v) is 4.57. The average Bonchev–Trinajstić information content (AvgIpc) is 3.58. The van der Waals surface area contributed by atoms with Crippen LogP contribution in [0.5, 0.6) is 0 Å². The van der Waals surface area contributed by atoms with Gasteiger partial charge >= 0.3 is 12.1 Å². The number of alkyl carbamates (subject to hydrolysis) is 1. The topological polar surface area (TPSA) is 95.9 Å². The number of amides is 2. The summed E-state index contributed by atoms with van der Waals surface area (Å²) in [5.41, 5.74) is 4.70. The van der Waals surface area contributed by atoms with Crippen LogP contribution in [0.25, 0.3) is 11.1 Å². The quantitative estimate of drug-likeness (QED) is 0.567. The Morgan fingerprint density at radius 2 is 1.67 bits per heavy atom. The van der Waals surface area contributed by atoms with Crippen molar-refractivity contribution in [2.45, 2.75) is 57.0 Å². The molecule has 2 aliphatic rings. The first-order valence-corrected chi connectivity index (χ1v) is 11.6. The van der Waals surface area contributed by atoms with E-state index in [1.54, 1.807) is 0 Å². The molecular formula is C26H30N2O5. The van der Waals surface area contributed by atoms with Crippen molar-refractivity contribution in [1.82, 2.24) is 10.2 Å². The van der Waals surface area contributed by atoms with Gasteiger partial charge in [-0.05, 0) is 54.9 Å². The second-order valence-electron chi connectivity index (χ2n) is 8.91. The van der Waals surface area contributed by atoms with E-state index >= 15 is 0 Å². The van der Waals surface area contributed by atoms with Crippen LogP contribution in [0.4, 0.5) is 4.79 Å². The van der Waals surface area contributed by atoms with Crippen molar-refractivity contribution in [3.05, 3.63) is 59.7 Å². The van der Waals surface area contributed by atoms with Crippen LogP contribution < -0.4 is 5.32 Å². The number of ether oxygens (including phenoxy) is 1. The van der Waals surface area contributed by atoms with Gasteiger partial charge in [-0.25, -0.2) is 4.79 Å². The van der Waals surface area contributed by atoms with Crippen molar-refractivity contribution >= 4 is 18.0 Å². The van der Waals surface area contributed by atoms with Crippen molar-refractivity contribution < 1.29 is 24.2 Å². The van der Waals surface area contributed by atoms with Crippen LogP contribution in [0.15, 0.2) is 48.5 Å². The Balaban J connectivity index is 1.23. The molecule has 2 amide bonds. The Morgan fingerprint density at radius 1 is 1.06 bits per heavy atom. The van der Waals surface area contributed by atoms with Crippen molar-refractivity contribution in [3.8, 4) is 11.1 Å². The molecular weight excluding hydrogens is 420 g/mol. The largest absolute Gasteiger partial charge is 0.480 e. The van der Waals surface area contributed by atoms with Gasteiger partial charge in [0, 0.05) is 24.4 Å². The number of hydrogen-bond acceptors (Lipinski definition) is 4. The molecule has 2 N–H and O–H groups in total. The predicted octanol–water partition coefficient (Wildman–Crippen LogP) is 4.16. The maximum atomic E-state index is 12.4. The first kappa shape index (κ1) is 22.8. The highest BCUT2D eigenvalue weighted by Gasteiger charge is 2.33. The van der Waals surface area contributed by atoms with Crippen LogP contribution in [0.3, 0.4) is 0 Å². The second-order valence-corrected chi connectivity index (χ2v) is 8.91. The van der Waals surface area contributed by atoms with Crippen LogP contribution in [0, 0.1) is 0 Å².